The Morgan fingerprint density at radius 3 is 2.17 bits per heavy atom. The number of aryl methyl sites for hydroxylation is 1. The zero-order chi connectivity index (χ0) is 28.9. The largest absolute Gasteiger partial charge is 0.722 e. The minimum atomic E-state index is -5.42. The normalized spacial score (nSPS) is 12.9. The van der Waals surface area contributed by atoms with Gasteiger partial charge >= 0.3 is 5.97 Å². The number of hydrogen-bond donors (Lipinski definition) is 0. The molecule has 0 spiro atoms. The molecule has 0 saturated carbocycles. The van der Waals surface area contributed by atoms with Crippen LogP contribution in [0.15, 0.2) is 84.9 Å². The van der Waals surface area contributed by atoms with Gasteiger partial charge in [0, 0.05) is 30.8 Å². The minimum Gasteiger partial charge on any atom is -0.722 e. The molecule has 0 aliphatic carbocycles. The van der Waals surface area contributed by atoms with E-state index < -0.39 is 16.5 Å². The standard InChI is InChI=1S/C28H23N2O5.FHO3S/c1-29-23-11-6-5-10-21(23)27(28(33)35-19-8-3-2-4-9-19)22-18-20(12-13-24(22)29)34-17-7-16-30-25(31)14-15-26(30)32;1-5(2,3)4/h2-6,8-15,18H,7,16-17H2,1H3;(H,2,3,4)/q+1;/p-1. The van der Waals surface area contributed by atoms with Crippen LogP contribution < -0.4 is 14.0 Å². The topological polar surface area (TPSA) is 134 Å². The molecule has 40 heavy (non-hydrogen) atoms. The molecule has 10 nitrogen and oxygen atoms in total. The maximum Gasteiger partial charge on any atom is 0.345 e. The number of carbonyl (C=O) groups excluding carboxylic acids is 3. The molecule has 0 bridgehead atoms. The highest BCUT2D eigenvalue weighted by Crippen LogP contribution is 2.29. The van der Waals surface area contributed by atoms with Gasteiger partial charge in [0.2, 0.25) is 11.0 Å². The first kappa shape index (κ1) is 28.3. The van der Waals surface area contributed by atoms with Crippen LogP contribution in [0.2, 0.25) is 0 Å². The van der Waals surface area contributed by atoms with E-state index in [4.69, 9.17) is 22.4 Å². The molecule has 2 heterocycles. The van der Waals surface area contributed by atoms with E-state index in [2.05, 4.69) is 0 Å². The van der Waals surface area contributed by atoms with Gasteiger partial charge in [0.15, 0.2) is 0 Å². The Bertz CT molecular complexity index is 1710. The van der Waals surface area contributed by atoms with Gasteiger partial charge in [0.05, 0.1) is 22.9 Å². The molecule has 12 heteroatoms. The van der Waals surface area contributed by atoms with Crippen molar-refractivity contribution in [2.75, 3.05) is 13.2 Å². The van der Waals surface area contributed by atoms with Crippen LogP contribution in [0.5, 0.6) is 11.5 Å². The number of halogens is 1. The third-order valence-electron chi connectivity index (χ3n) is 5.99. The lowest BCUT2D eigenvalue weighted by Crippen LogP contribution is -2.32. The molecule has 3 aromatic carbocycles. The monoisotopic (exact) mass is 566 g/mol. The molecule has 2 amide bonds. The summed E-state index contributed by atoms with van der Waals surface area (Å²) in [4.78, 5) is 38.0. The predicted molar refractivity (Wildman–Crippen MR) is 141 cm³/mol. The van der Waals surface area contributed by atoms with Crippen molar-refractivity contribution in [2.45, 2.75) is 6.42 Å². The number of pyridine rings is 1. The van der Waals surface area contributed by atoms with Crippen LogP contribution in [0.3, 0.4) is 0 Å². The SMILES string of the molecule is C[n+]1c2ccccc2c(C(=O)Oc2ccccc2)c2cc(OCCCN3C(=O)C=CC3=O)ccc21.O=S(=O)([O-])F. The molecule has 0 N–H and O–H groups in total. The van der Waals surface area contributed by atoms with Crippen molar-refractivity contribution >= 4 is 50.1 Å². The number of hydrogen-bond acceptors (Lipinski definition) is 8. The highest BCUT2D eigenvalue weighted by molar-refractivity contribution is 7.80. The van der Waals surface area contributed by atoms with E-state index >= 15 is 0 Å². The summed E-state index contributed by atoms with van der Waals surface area (Å²) in [6.45, 7) is 0.596. The highest BCUT2D eigenvalue weighted by atomic mass is 32.3. The summed E-state index contributed by atoms with van der Waals surface area (Å²) in [5, 5.41) is 1.48. The molecule has 0 saturated heterocycles. The van der Waals surface area contributed by atoms with Gasteiger partial charge in [-0.3, -0.25) is 14.5 Å². The van der Waals surface area contributed by atoms with Crippen molar-refractivity contribution in [3.05, 3.63) is 90.5 Å². The molecule has 1 aromatic heterocycles. The molecule has 0 atom stereocenters. The number of aromatic nitrogens is 1. The Labute approximate surface area is 228 Å². The van der Waals surface area contributed by atoms with E-state index in [1.54, 1.807) is 12.1 Å². The van der Waals surface area contributed by atoms with Gasteiger partial charge in [-0.15, -0.1) is 3.89 Å². The van der Waals surface area contributed by atoms with Gasteiger partial charge in [-0.2, -0.15) is 4.57 Å². The zero-order valence-corrected chi connectivity index (χ0v) is 22.0. The smallest absolute Gasteiger partial charge is 0.345 e. The van der Waals surface area contributed by atoms with Crippen molar-refractivity contribution in [3.8, 4) is 11.5 Å². The quantitative estimate of drug-likeness (QED) is 0.0487. The highest BCUT2D eigenvalue weighted by Gasteiger charge is 2.25. The molecule has 0 fully saturated rings. The first-order valence-corrected chi connectivity index (χ1v) is 13.3. The van der Waals surface area contributed by atoms with Crippen molar-refractivity contribution in [1.82, 2.24) is 4.90 Å². The molecule has 4 aromatic rings. The Morgan fingerprint density at radius 2 is 1.50 bits per heavy atom. The molecule has 1 aliphatic rings. The van der Waals surface area contributed by atoms with Crippen molar-refractivity contribution in [3.63, 3.8) is 0 Å². The number of esters is 1. The fraction of sp³-hybridized carbons (Fsp3) is 0.143. The van der Waals surface area contributed by atoms with Gasteiger partial charge in [-0.25, -0.2) is 13.2 Å². The summed E-state index contributed by atoms with van der Waals surface area (Å²) in [5.41, 5.74) is 2.22. The Hall–Kier alpha value is -4.68. The van der Waals surface area contributed by atoms with Crippen LogP contribution in [-0.2, 0) is 27.1 Å². The lowest BCUT2D eigenvalue weighted by atomic mass is 10.0. The maximum absolute atomic E-state index is 13.4. The van der Waals surface area contributed by atoms with Crippen molar-refractivity contribution in [2.24, 2.45) is 7.05 Å². The number of carbonyl (C=O) groups is 3. The van der Waals surface area contributed by atoms with E-state index in [0.717, 1.165) is 16.4 Å². The van der Waals surface area contributed by atoms with Crippen LogP contribution >= 0.6 is 0 Å². The van der Waals surface area contributed by atoms with E-state index in [1.165, 1.54) is 17.1 Å². The van der Waals surface area contributed by atoms with Crippen LogP contribution in [0, 0.1) is 0 Å². The Morgan fingerprint density at radius 1 is 0.900 bits per heavy atom. The zero-order valence-electron chi connectivity index (χ0n) is 21.2. The molecular weight excluding hydrogens is 543 g/mol. The van der Waals surface area contributed by atoms with Crippen LogP contribution in [0.4, 0.5) is 3.89 Å². The van der Waals surface area contributed by atoms with Crippen molar-refractivity contribution in [1.29, 1.82) is 0 Å². The fourth-order valence-electron chi connectivity index (χ4n) is 4.28. The minimum absolute atomic E-state index is 0.284. The fourth-order valence-corrected chi connectivity index (χ4v) is 4.28. The number of para-hydroxylation sites is 2. The second-order valence-corrected chi connectivity index (χ2v) is 9.38. The van der Waals surface area contributed by atoms with E-state index in [-0.39, 0.29) is 18.4 Å². The Balaban J connectivity index is 0.000000681. The number of nitrogens with zero attached hydrogens (tertiary/aromatic N) is 2. The lowest BCUT2D eigenvalue weighted by molar-refractivity contribution is -0.617. The first-order chi connectivity index (χ1) is 19.0. The van der Waals surface area contributed by atoms with Crippen LogP contribution in [0.1, 0.15) is 16.8 Å². The average molecular weight is 567 g/mol. The van der Waals surface area contributed by atoms with Crippen LogP contribution in [0.25, 0.3) is 21.8 Å². The average Bonchev–Trinajstić information content (AvgIpc) is 3.23. The summed E-state index contributed by atoms with van der Waals surface area (Å²) in [6.07, 6.45) is 3.03. The van der Waals surface area contributed by atoms with Gasteiger partial charge < -0.3 is 14.0 Å². The second kappa shape index (κ2) is 12.0. The lowest BCUT2D eigenvalue weighted by Gasteiger charge is -2.14. The number of amides is 2. The number of rotatable bonds is 7. The summed E-state index contributed by atoms with van der Waals surface area (Å²) in [7, 11) is -3.46. The molecule has 206 valence electrons. The van der Waals surface area contributed by atoms with Crippen molar-refractivity contribution < 1.29 is 45.3 Å². The van der Waals surface area contributed by atoms with Gasteiger partial charge in [0.25, 0.3) is 22.3 Å². The Kier molecular flexibility index (Phi) is 8.51. The van der Waals surface area contributed by atoms with E-state index in [9.17, 15) is 18.3 Å². The summed E-state index contributed by atoms with van der Waals surface area (Å²) in [5.74, 6) is -0.00776. The van der Waals surface area contributed by atoms with Gasteiger partial charge in [0.1, 0.15) is 18.5 Å². The van der Waals surface area contributed by atoms with E-state index in [1.807, 2.05) is 72.3 Å². The predicted octanol–water partition coefficient (Wildman–Crippen LogP) is 3.15. The number of ether oxygens (including phenoxy) is 2. The second-order valence-electron chi connectivity index (χ2n) is 8.59. The third-order valence-corrected chi connectivity index (χ3v) is 5.99. The molecule has 1 aliphatic heterocycles. The van der Waals surface area contributed by atoms with E-state index in [0.29, 0.717) is 35.5 Å². The summed E-state index contributed by atoms with van der Waals surface area (Å²) >= 11 is 0. The molecule has 0 radical (unpaired) electrons. The first-order valence-electron chi connectivity index (χ1n) is 12.0. The van der Waals surface area contributed by atoms with Crippen LogP contribution in [-0.4, -0.2) is 48.8 Å². The molecular formula is C28H23FN2O8S. The molecule has 5 rings (SSSR count). The summed E-state index contributed by atoms with van der Waals surface area (Å²) in [6, 6.07) is 22.3. The third kappa shape index (κ3) is 6.84. The van der Waals surface area contributed by atoms with Gasteiger partial charge in [-0.05, 0) is 36.8 Å². The number of imide groups is 1. The molecule has 0 unspecified atom stereocenters. The van der Waals surface area contributed by atoms with Gasteiger partial charge in [-0.1, -0.05) is 30.3 Å². The maximum atomic E-state index is 13.4. The number of benzene rings is 3. The summed E-state index contributed by atoms with van der Waals surface area (Å²) < 4.78 is 49.0. The number of fused-ring (bicyclic) bond motifs is 2.